The summed E-state index contributed by atoms with van der Waals surface area (Å²) in [5.41, 5.74) is 0. The lowest BCUT2D eigenvalue weighted by Gasteiger charge is -2.22. The highest BCUT2D eigenvalue weighted by molar-refractivity contribution is 7.10. The number of ether oxygens (including phenoxy) is 1. The number of hydrogen-bond donors (Lipinski definition) is 1. The minimum atomic E-state index is 0.249. The highest BCUT2D eigenvalue weighted by atomic mass is 32.1. The van der Waals surface area contributed by atoms with E-state index in [4.69, 9.17) is 4.74 Å². The first-order valence-electron chi connectivity index (χ1n) is 6.88. The summed E-state index contributed by atoms with van der Waals surface area (Å²) in [5, 5.41) is 5.60. The SMILES string of the molecule is CCOc1cc(NC(c2cccs2)C(C)C)nc(C)n1. The molecular formula is C15H21N3OS. The highest BCUT2D eigenvalue weighted by Gasteiger charge is 2.17. The zero-order valence-electron chi connectivity index (χ0n) is 12.4. The van der Waals surface area contributed by atoms with Crippen molar-refractivity contribution in [2.75, 3.05) is 11.9 Å². The Morgan fingerprint density at radius 3 is 2.75 bits per heavy atom. The van der Waals surface area contributed by atoms with Crippen LogP contribution < -0.4 is 10.1 Å². The van der Waals surface area contributed by atoms with Gasteiger partial charge in [0.05, 0.1) is 12.6 Å². The fraction of sp³-hybridized carbons (Fsp3) is 0.467. The lowest BCUT2D eigenvalue weighted by atomic mass is 10.0. The number of thiophene rings is 1. The molecule has 0 aromatic carbocycles. The fourth-order valence-corrected chi connectivity index (χ4v) is 2.98. The molecule has 0 fully saturated rings. The smallest absolute Gasteiger partial charge is 0.218 e. The van der Waals surface area contributed by atoms with Gasteiger partial charge in [-0.3, -0.25) is 0 Å². The van der Waals surface area contributed by atoms with Crippen LogP contribution in [0.25, 0.3) is 0 Å². The van der Waals surface area contributed by atoms with Crippen LogP contribution in [0.2, 0.25) is 0 Å². The molecule has 2 aromatic rings. The van der Waals surface area contributed by atoms with Crippen molar-refractivity contribution in [2.45, 2.75) is 33.7 Å². The Balaban J connectivity index is 2.22. The molecule has 0 amide bonds. The molecule has 1 N–H and O–H groups in total. The standard InChI is InChI=1S/C15H21N3OS/c1-5-19-14-9-13(16-11(4)17-14)18-15(10(2)3)12-7-6-8-20-12/h6-10,15H,5H2,1-4H3,(H,16,17,18). The van der Waals surface area contributed by atoms with E-state index < -0.39 is 0 Å². The molecule has 1 unspecified atom stereocenters. The third-order valence-corrected chi connectivity index (χ3v) is 3.88. The summed E-state index contributed by atoms with van der Waals surface area (Å²) < 4.78 is 5.47. The molecular weight excluding hydrogens is 270 g/mol. The normalized spacial score (nSPS) is 12.4. The topological polar surface area (TPSA) is 47.0 Å². The van der Waals surface area contributed by atoms with Crippen LogP contribution in [0.4, 0.5) is 5.82 Å². The number of nitrogens with one attached hydrogen (secondary N) is 1. The quantitative estimate of drug-likeness (QED) is 0.872. The maximum absolute atomic E-state index is 5.47. The molecule has 0 spiro atoms. The first-order valence-corrected chi connectivity index (χ1v) is 7.76. The van der Waals surface area contributed by atoms with Gasteiger partial charge in [0.1, 0.15) is 11.6 Å². The molecule has 0 radical (unpaired) electrons. The molecule has 2 aromatic heterocycles. The molecule has 2 rings (SSSR count). The van der Waals surface area contributed by atoms with E-state index in [2.05, 4.69) is 46.6 Å². The summed E-state index contributed by atoms with van der Waals surface area (Å²) in [6.45, 7) is 8.84. The van der Waals surface area contributed by atoms with Crippen LogP contribution in [0.1, 0.15) is 37.5 Å². The van der Waals surface area contributed by atoms with Crippen molar-refractivity contribution in [3.05, 3.63) is 34.3 Å². The van der Waals surface area contributed by atoms with Crippen LogP contribution >= 0.6 is 11.3 Å². The summed E-state index contributed by atoms with van der Waals surface area (Å²) in [7, 11) is 0. The average Bonchev–Trinajstić information content (AvgIpc) is 2.89. The molecule has 0 bridgehead atoms. The van der Waals surface area contributed by atoms with Crippen LogP contribution in [0.5, 0.6) is 5.88 Å². The highest BCUT2D eigenvalue weighted by Crippen LogP contribution is 2.29. The van der Waals surface area contributed by atoms with E-state index in [9.17, 15) is 0 Å². The molecule has 0 aliphatic carbocycles. The summed E-state index contributed by atoms with van der Waals surface area (Å²) in [6.07, 6.45) is 0. The summed E-state index contributed by atoms with van der Waals surface area (Å²) in [5.74, 6) is 2.62. The molecule has 5 heteroatoms. The molecule has 2 heterocycles. The third-order valence-electron chi connectivity index (χ3n) is 2.93. The van der Waals surface area contributed by atoms with Gasteiger partial charge in [0.2, 0.25) is 5.88 Å². The van der Waals surface area contributed by atoms with E-state index >= 15 is 0 Å². The molecule has 0 saturated carbocycles. The fourth-order valence-electron chi connectivity index (χ4n) is 2.03. The minimum Gasteiger partial charge on any atom is -0.478 e. The predicted octanol–water partition coefficient (Wildman–Crippen LogP) is 4.05. The zero-order valence-corrected chi connectivity index (χ0v) is 13.2. The number of hydrogen-bond acceptors (Lipinski definition) is 5. The lowest BCUT2D eigenvalue weighted by molar-refractivity contribution is 0.325. The first kappa shape index (κ1) is 14.8. The second kappa shape index (κ2) is 6.70. The first-order chi connectivity index (χ1) is 9.60. The van der Waals surface area contributed by atoms with Crippen molar-refractivity contribution < 1.29 is 4.74 Å². The van der Waals surface area contributed by atoms with Crippen molar-refractivity contribution in [3.8, 4) is 5.88 Å². The number of nitrogens with zero attached hydrogens (tertiary/aromatic N) is 2. The molecule has 0 aliphatic rings. The number of aryl methyl sites for hydroxylation is 1. The van der Waals surface area contributed by atoms with Gasteiger partial charge in [-0.15, -0.1) is 11.3 Å². The van der Waals surface area contributed by atoms with Gasteiger partial charge in [0.25, 0.3) is 0 Å². The Hall–Kier alpha value is -1.62. The molecule has 0 saturated heterocycles. The second-order valence-corrected chi connectivity index (χ2v) is 5.93. The van der Waals surface area contributed by atoms with E-state index in [-0.39, 0.29) is 6.04 Å². The Morgan fingerprint density at radius 2 is 2.15 bits per heavy atom. The Morgan fingerprint density at radius 1 is 1.35 bits per heavy atom. The van der Waals surface area contributed by atoms with Gasteiger partial charge in [-0.05, 0) is 31.2 Å². The molecule has 108 valence electrons. The largest absolute Gasteiger partial charge is 0.478 e. The Labute approximate surface area is 124 Å². The van der Waals surface area contributed by atoms with Gasteiger partial charge in [-0.25, -0.2) is 4.98 Å². The van der Waals surface area contributed by atoms with Crippen molar-refractivity contribution >= 4 is 17.2 Å². The number of anilines is 1. The van der Waals surface area contributed by atoms with Crippen molar-refractivity contribution in [3.63, 3.8) is 0 Å². The summed E-state index contributed by atoms with van der Waals surface area (Å²) in [4.78, 5) is 10.0. The Kier molecular flexibility index (Phi) is 4.95. The predicted molar refractivity (Wildman–Crippen MR) is 83.5 cm³/mol. The van der Waals surface area contributed by atoms with E-state index in [1.807, 2.05) is 19.9 Å². The van der Waals surface area contributed by atoms with Gasteiger partial charge in [0, 0.05) is 10.9 Å². The van der Waals surface area contributed by atoms with Crippen molar-refractivity contribution in [2.24, 2.45) is 5.92 Å². The van der Waals surface area contributed by atoms with E-state index in [0.29, 0.717) is 24.2 Å². The van der Waals surface area contributed by atoms with Crippen LogP contribution in [-0.2, 0) is 0 Å². The van der Waals surface area contributed by atoms with Crippen LogP contribution in [-0.4, -0.2) is 16.6 Å². The number of rotatable bonds is 6. The van der Waals surface area contributed by atoms with Crippen molar-refractivity contribution in [1.29, 1.82) is 0 Å². The molecule has 0 aliphatic heterocycles. The second-order valence-electron chi connectivity index (χ2n) is 4.95. The zero-order chi connectivity index (χ0) is 14.5. The van der Waals surface area contributed by atoms with Crippen molar-refractivity contribution in [1.82, 2.24) is 9.97 Å². The van der Waals surface area contributed by atoms with Gasteiger partial charge in [-0.1, -0.05) is 19.9 Å². The Bertz CT molecular complexity index is 540. The number of aromatic nitrogens is 2. The lowest BCUT2D eigenvalue weighted by Crippen LogP contribution is -2.17. The van der Waals surface area contributed by atoms with Crippen LogP contribution in [0.3, 0.4) is 0 Å². The van der Waals surface area contributed by atoms with E-state index in [1.54, 1.807) is 11.3 Å². The monoisotopic (exact) mass is 291 g/mol. The van der Waals surface area contributed by atoms with E-state index in [1.165, 1.54) is 4.88 Å². The molecule has 4 nitrogen and oxygen atoms in total. The molecule has 1 atom stereocenters. The summed E-state index contributed by atoms with van der Waals surface area (Å²) >= 11 is 1.76. The maximum atomic E-state index is 5.47. The minimum absolute atomic E-state index is 0.249. The van der Waals surface area contributed by atoms with Crippen LogP contribution in [0.15, 0.2) is 23.6 Å². The average molecular weight is 291 g/mol. The third kappa shape index (κ3) is 3.70. The summed E-state index contributed by atoms with van der Waals surface area (Å²) in [6, 6.07) is 6.34. The molecule has 20 heavy (non-hydrogen) atoms. The van der Waals surface area contributed by atoms with E-state index in [0.717, 1.165) is 5.82 Å². The maximum Gasteiger partial charge on any atom is 0.218 e. The van der Waals surface area contributed by atoms with Crippen LogP contribution in [0, 0.1) is 12.8 Å². The van der Waals surface area contributed by atoms with Gasteiger partial charge >= 0.3 is 0 Å². The van der Waals surface area contributed by atoms with Gasteiger partial charge in [-0.2, -0.15) is 4.98 Å². The van der Waals surface area contributed by atoms with Gasteiger partial charge in [0.15, 0.2) is 0 Å². The van der Waals surface area contributed by atoms with Gasteiger partial charge < -0.3 is 10.1 Å².